The molecule has 2 nitrogen and oxygen atoms in total. The minimum Gasteiger partial charge on any atom is -0.414 e. The Bertz CT molecular complexity index is 513. The second-order valence-corrected chi connectivity index (χ2v) is 20.4. The Labute approximate surface area is 159 Å². The highest BCUT2D eigenvalue weighted by Crippen LogP contribution is 2.63. The first kappa shape index (κ1) is 21.4. The summed E-state index contributed by atoms with van der Waals surface area (Å²) in [7, 11) is -3.14. The molecule has 0 spiro atoms. The summed E-state index contributed by atoms with van der Waals surface area (Å²) in [6, 6.07) is 0. The molecule has 0 bridgehead atoms. The summed E-state index contributed by atoms with van der Waals surface area (Å²) < 4.78 is 13.6. The fraction of sp³-hybridized carbons (Fsp3) is 0.905. The van der Waals surface area contributed by atoms with Crippen molar-refractivity contribution in [2.45, 2.75) is 105 Å². The van der Waals surface area contributed by atoms with Crippen molar-refractivity contribution in [3.8, 4) is 0 Å². The van der Waals surface area contributed by atoms with Gasteiger partial charge in [-0.15, -0.1) is 0 Å². The number of fused-ring (bicyclic) bond motifs is 1. The molecule has 0 unspecified atom stereocenters. The van der Waals surface area contributed by atoms with E-state index >= 15 is 0 Å². The Morgan fingerprint density at radius 2 is 1.52 bits per heavy atom. The Morgan fingerprint density at radius 3 is 2.04 bits per heavy atom. The summed E-state index contributed by atoms with van der Waals surface area (Å²) in [5.41, 5.74) is 2.00. The van der Waals surface area contributed by atoms with Crippen LogP contribution in [-0.2, 0) is 8.85 Å². The van der Waals surface area contributed by atoms with Crippen molar-refractivity contribution in [2.24, 2.45) is 16.7 Å². The lowest BCUT2D eigenvalue weighted by Crippen LogP contribution is -2.45. The van der Waals surface area contributed by atoms with Crippen molar-refractivity contribution in [3.05, 3.63) is 11.6 Å². The van der Waals surface area contributed by atoms with Crippen LogP contribution in [0.15, 0.2) is 11.6 Å². The zero-order chi connectivity index (χ0) is 19.3. The van der Waals surface area contributed by atoms with E-state index < -0.39 is 16.6 Å². The molecule has 25 heavy (non-hydrogen) atoms. The van der Waals surface area contributed by atoms with Gasteiger partial charge in [-0.1, -0.05) is 32.4 Å². The Balaban J connectivity index is 2.36. The molecule has 146 valence electrons. The van der Waals surface area contributed by atoms with Gasteiger partial charge >= 0.3 is 0 Å². The fourth-order valence-corrected chi connectivity index (χ4v) is 6.86. The summed E-state index contributed by atoms with van der Waals surface area (Å²) in [5, 5.41) is 0. The molecule has 0 N–H and O–H groups in total. The topological polar surface area (TPSA) is 18.5 Å². The molecule has 0 aromatic carbocycles. The lowest BCUT2D eigenvalue weighted by atomic mass is 9.76. The molecule has 0 heterocycles. The van der Waals surface area contributed by atoms with Crippen LogP contribution in [0.25, 0.3) is 0 Å². The van der Waals surface area contributed by atoms with Crippen LogP contribution >= 0.6 is 0 Å². The summed E-state index contributed by atoms with van der Waals surface area (Å²) in [5.74, 6) is 0.641. The lowest BCUT2D eigenvalue weighted by Gasteiger charge is -2.41. The maximum Gasteiger partial charge on any atom is 0.184 e. The first-order valence-corrected chi connectivity index (χ1v) is 17.0. The smallest absolute Gasteiger partial charge is 0.184 e. The van der Waals surface area contributed by atoms with Gasteiger partial charge in [0.2, 0.25) is 0 Å². The molecule has 1 saturated carbocycles. The maximum atomic E-state index is 6.82. The zero-order valence-corrected chi connectivity index (χ0v) is 20.5. The standard InChI is InChI=1S/C21H42O2Si2/c1-16-11-12-18(22-24(5,6)7)21(4)15-17(21)19(23-25(8,9)10)20(2,3)14-13-16/h13,17-19H,11-12,14-15H2,1-10H3/b16-13+/t17-,18-,19-,21-/m1/s1. The third-order valence-corrected chi connectivity index (χ3v) is 7.92. The second kappa shape index (κ2) is 6.92. The molecule has 1 fully saturated rings. The maximum absolute atomic E-state index is 6.82. The third-order valence-electron chi connectivity index (χ3n) is 5.97. The Hall–Kier alpha value is 0.0938. The molecule has 2 rings (SSSR count). The van der Waals surface area contributed by atoms with Crippen LogP contribution in [0.2, 0.25) is 39.3 Å². The predicted octanol–water partition coefficient (Wildman–Crippen LogP) is 6.61. The third kappa shape index (κ3) is 5.54. The van der Waals surface area contributed by atoms with Gasteiger partial charge in [0.25, 0.3) is 0 Å². The zero-order valence-electron chi connectivity index (χ0n) is 18.5. The molecule has 0 aromatic rings. The van der Waals surface area contributed by atoms with Crippen LogP contribution in [0.5, 0.6) is 0 Å². The SMILES string of the molecule is C/C1=C\CC(C)(C)[C@H](O[Si](C)(C)C)[C@H]2C[C@@]2(C)[C@H](O[Si](C)(C)C)CC1. The lowest BCUT2D eigenvalue weighted by molar-refractivity contribution is 0.0151. The molecular formula is C21H42O2Si2. The van der Waals surface area contributed by atoms with Crippen molar-refractivity contribution in [1.29, 1.82) is 0 Å². The van der Waals surface area contributed by atoms with Crippen molar-refractivity contribution >= 4 is 16.6 Å². The molecule has 0 aliphatic heterocycles. The number of hydrogen-bond acceptors (Lipinski definition) is 2. The quantitative estimate of drug-likeness (QED) is 0.402. The summed E-state index contributed by atoms with van der Waals surface area (Å²) >= 11 is 0. The van der Waals surface area contributed by atoms with Gasteiger partial charge < -0.3 is 8.85 Å². The molecule has 0 aromatic heterocycles. The molecule has 2 aliphatic rings. The van der Waals surface area contributed by atoms with Crippen LogP contribution in [0, 0.1) is 16.7 Å². The highest BCUT2D eigenvalue weighted by Gasteiger charge is 2.62. The van der Waals surface area contributed by atoms with Gasteiger partial charge in [-0.05, 0) is 88.6 Å². The number of allylic oxidation sites excluding steroid dienone is 2. The van der Waals surface area contributed by atoms with Gasteiger partial charge in [0.05, 0.1) is 12.2 Å². The minimum absolute atomic E-state index is 0.186. The van der Waals surface area contributed by atoms with E-state index in [2.05, 4.69) is 73.1 Å². The minimum atomic E-state index is -1.59. The van der Waals surface area contributed by atoms with Gasteiger partial charge in [-0.3, -0.25) is 0 Å². The van der Waals surface area contributed by atoms with Gasteiger partial charge in [-0.2, -0.15) is 0 Å². The molecule has 2 aliphatic carbocycles. The first-order chi connectivity index (χ1) is 11.1. The Kier molecular flexibility index (Phi) is 5.92. The van der Waals surface area contributed by atoms with Crippen LogP contribution in [0.1, 0.15) is 53.4 Å². The van der Waals surface area contributed by atoms with Crippen LogP contribution in [0.3, 0.4) is 0 Å². The van der Waals surface area contributed by atoms with E-state index in [9.17, 15) is 0 Å². The van der Waals surface area contributed by atoms with E-state index in [-0.39, 0.29) is 5.41 Å². The van der Waals surface area contributed by atoms with E-state index in [0.29, 0.717) is 23.5 Å². The van der Waals surface area contributed by atoms with Gasteiger partial charge in [0.15, 0.2) is 16.6 Å². The Morgan fingerprint density at radius 1 is 0.960 bits per heavy atom. The van der Waals surface area contributed by atoms with E-state index in [0.717, 1.165) is 6.42 Å². The predicted molar refractivity (Wildman–Crippen MR) is 114 cm³/mol. The van der Waals surface area contributed by atoms with Crippen LogP contribution < -0.4 is 0 Å². The van der Waals surface area contributed by atoms with Gasteiger partial charge in [-0.25, -0.2) is 0 Å². The van der Waals surface area contributed by atoms with E-state index in [1.807, 2.05) is 0 Å². The normalized spacial score (nSPS) is 38.5. The monoisotopic (exact) mass is 382 g/mol. The van der Waals surface area contributed by atoms with Crippen molar-refractivity contribution in [1.82, 2.24) is 0 Å². The van der Waals surface area contributed by atoms with E-state index in [1.165, 1.54) is 24.8 Å². The molecule has 0 radical (unpaired) electrons. The van der Waals surface area contributed by atoms with E-state index in [4.69, 9.17) is 8.85 Å². The molecule has 0 amide bonds. The second-order valence-electron chi connectivity index (χ2n) is 11.5. The largest absolute Gasteiger partial charge is 0.414 e. The highest BCUT2D eigenvalue weighted by atomic mass is 28.4. The molecule has 4 atom stereocenters. The molecule has 4 heteroatoms. The fourth-order valence-electron chi connectivity index (χ4n) is 4.37. The molecular weight excluding hydrogens is 340 g/mol. The van der Waals surface area contributed by atoms with Gasteiger partial charge in [0, 0.05) is 0 Å². The molecule has 0 saturated heterocycles. The van der Waals surface area contributed by atoms with Gasteiger partial charge in [0.1, 0.15) is 0 Å². The summed E-state index contributed by atoms with van der Waals surface area (Å²) in [6.07, 6.45) is 7.93. The van der Waals surface area contributed by atoms with Crippen LogP contribution in [0.4, 0.5) is 0 Å². The highest BCUT2D eigenvalue weighted by molar-refractivity contribution is 6.70. The summed E-state index contributed by atoms with van der Waals surface area (Å²) in [4.78, 5) is 0. The average molecular weight is 383 g/mol. The van der Waals surface area contributed by atoms with Crippen molar-refractivity contribution in [3.63, 3.8) is 0 Å². The van der Waals surface area contributed by atoms with Crippen LogP contribution in [-0.4, -0.2) is 28.8 Å². The first-order valence-electron chi connectivity index (χ1n) is 10.2. The average Bonchev–Trinajstić information content (AvgIpc) is 3.08. The van der Waals surface area contributed by atoms with Crippen molar-refractivity contribution in [2.75, 3.05) is 0 Å². The summed E-state index contributed by atoms with van der Waals surface area (Å²) in [6.45, 7) is 23.6. The van der Waals surface area contributed by atoms with Crippen molar-refractivity contribution < 1.29 is 8.85 Å². The number of hydrogen-bond donors (Lipinski definition) is 0. The van der Waals surface area contributed by atoms with E-state index in [1.54, 1.807) is 0 Å². The number of rotatable bonds is 4.